The van der Waals surface area contributed by atoms with E-state index in [1.54, 1.807) is 12.1 Å². The Labute approximate surface area is 136 Å². The number of halogens is 2. The fourth-order valence-electron chi connectivity index (χ4n) is 1.56. The lowest BCUT2D eigenvalue weighted by atomic mass is 10.2. The molecule has 0 aliphatic carbocycles. The van der Waals surface area contributed by atoms with Gasteiger partial charge in [-0.05, 0) is 28.1 Å². The Morgan fingerprint density at radius 3 is 2.71 bits per heavy atom. The van der Waals surface area contributed by atoms with Gasteiger partial charge in [-0.1, -0.05) is 24.8 Å². The van der Waals surface area contributed by atoms with Crippen LogP contribution in [0, 0.1) is 0 Å². The zero-order chi connectivity index (χ0) is 16.0. The molecular formula is C14H15BrClN3O2. The standard InChI is InChI=1S/C14H15BrClN3O2/c1-5-10(13(21-4)8(2)15)19-11-6-12(16)18-7-9(11)14(20)17-3/h5-7H,1-2H2,3-4H3,(H,17,20)(H,18,19)/b13-10-. The minimum absolute atomic E-state index is 0.255. The van der Waals surface area contributed by atoms with Crippen molar-refractivity contribution in [1.82, 2.24) is 10.3 Å². The smallest absolute Gasteiger partial charge is 0.254 e. The lowest BCUT2D eigenvalue weighted by Gasteiger charge is -2.15. The average molecular weight is 373 g/mol. The summed E-state index contributed by atoms with van der Waals surface area (Å²) in [5.41, 5.74) is 1.36. The molecule has 1 rings (SSSR count). The van der Waals surface area contributed by atoms with Gasteiger partial charge in [0.15, 0.2) is 5.76 Å². The van der Waals surface area contributed by atoms with Crippen LogP contribution in [0.15, 0.2) is 47.4 Å². The zero-order valence-electron chi connectivity index (χ0n) is 11.7. The van der Waals surface area contributed by atoms with Gasteiger partial charge in [0.1, 0.15) is 5.15 Å². The number of ether oxygens (including phenoxy) is 1. The molecule has 21 heavy (non-hydrogen) atoms. The molecule has 1 heterocycles. The van der Waals surface area contributed by atoms with E-state index in [4.69, 9.17) is 16.3 Å². The Balaban J connectivity index is 3.33. The molecular weight excluding hydrogens is 358 g/mol. The molecule has 5 nitrogen and oxygen atoms in total. The summed E-state index contributed by atoms with van der Waals surface area (Å²) in [6.07, 6.45) is 2.94. The van der Waals surface area contributed by atoms with Crippen LogP contribution in [0.2, 0.25) is 5.15 Å². The van der Waals surface area contributed by atoms with E-state index in [0.717, 1.165) is 0 Å². The summed E-state index contributed by atoms with van der Waals surface area (Å²) in [4.78, 5) is 15.8. The third-order valence-electron chi connectivity index (χ3n) is 2.51. The molecule has 1 amide bonds. The number of carbonyl (C=O) groups excluding carboxylic acids is 1. The molecule has 0 saturated heterocycles. The van der Waals surface area contributed by atoms with Crippen LogP contribution < -0.4 is 10.6 Å². The number of hydrogen-bond donors (Lipinski definition) is 2. The topological polar surface area (TPSA) is 63.2 Å². The summed E-state index contributed by atoms with van der Waals surface area (Å²) in [6, 6.07) is 1.54. The van der Waals surface area contributed by atoms with Gasteiger partial charge in [0.2, 0.25) is 0 Å². The molecule has 112 valence electrons. The van der Waals surface area contributed by atoms with E-state index in [1.165, 1.54) is 20.4 Å². The van der Waals surface area contributed by atoms with E-state index < -0.39 is 0 Å². The van der Waals surface area contributed by atoms with E-state index in [-0.39, 0.29) is 11.1 Å². The molecule has 0 fully saturated rings. The van der Waals surface area contributed by atoms with Gasteiger partial charge >= 0.3 is 0 Å². The molecule has 1 aromatic rings. The highest BCUT2D eigenvalue weighted by Crippen LogP contribution is 2.25. The number of anilines is 1. The molecule has 0 atom stereocenters. The second-order valence-corrected chi connectivity index (χ2v) is 5.16. The second kappa shape index (κ2) is 7.85. The Hall–Kier alpha value is -1.79. The van der Waals surface area contributed by atoms with Gasteiger partial charge in [0.25, 0.3) is 5.91 Å². The van der Waals surface area contributed by atoms with Crippen LogP contribution in [0.25, 0.3) is 0 Å². The van der Waals surface area contributed by atoms with Crippen molar-refractivity contribution in [3.63, 3.8) is 0 Å². The van der Waals surface area contributed by atoms with Crippen LogP contribution in [-0.4, -0.2) is 25.0 Å². The maximum Gasteiger partial charge on any atom is 0.254 e. The first-order valence-electron chi connectivity index (χ1n) is 5.84. The van der Waals surface area contributed by atoms with Crippen LogP contribution in [-0.2, 0) is 4.74 Å². The van der Waals surface area contributed by atoms with Crippen molar-refractivity contribution in [3.8, 4) is 0 Å². The van der Waals surface area contributed by atoms with Crippen LogP contribution >= 0.6 is 27.5 Å². The molecule has 0 saturated carbocycles. The number of nitrogens with one attached hydrogen (secondary N) is 2. The molecule has 2 N–H and O–H groups in total. The van der Waals surface area contributed by atoms with E-state index >= 15 is 0 Å². The van der Waals surface area contributed by atoms with Gasteiger partial charge in [-0.25, -0.2) is 4.98 Å². The number of pyridine rings is 1. The Morgan fingerprint density at radius 1 is 1.57 bits per heavy atom. The highest BCUT2D eigenvalue weighted by Gasteiger charge is 2.14. The van der Waals surface area contributed by atoms with E-state index in [0.29, 0.717) is 27.2 Å². The van der Waals surface area contributed by atoms with Gasteiger partial charge in [-0.15, -0.1) is 0 Å². The number of amides is 1. The Kier molecular flexibility index (Phi) is 6.45. The quantitative estimate of drug-likeness (QED) is 0.456. The maximum atomic E-state index is 11.9. The number of methoxy groups -OCH3 is 1. The fraction of sp³-hybridized carbons (Fsp3) is 0.143. The van der Waals surface area contributed by atoms with E-state index in [2.05, 4.69) is 44.7 Å². The fourth-order valence-corrected chi connectivity index (χ4v) is 2.09. The van der Waals surface area contributed by atoms with Crippen molar-refractivity contribution < 1.29 is 9.53 Å². The van der Waals surface area contributed by atoms with Crippen molar-refractivity contribution in [1.29, 1.82) is 0 Å². The number of nitrogens with zero attached hydrogens (tertiary/aromatic N) is 1. The van der Waals surface area contributed by atoms with Gasteiger partial charge in [-0.3, -0.25) is 4.79 Å². The first-order chi connectivity index (χ1) is 9.94. The van der Waals surface area contributed by atoms with Crippen molar-refractivity contribution in [2.24, 2.45) is 0 Å². The highest BCUT2D eigenvalue weighted by molar-refractivity contribution is 9.11. The number of carbonyl (C=O) groups is 1. The molecule has 0 bridgehead atoms. The number of allylic oxidation sites excluding steroid dienone is 2. The minimum Gasteiger partial charge on any atom is -0.493 e. The van der Waals surface area contributed by atoms with Crippen LogP contribution in [0.1, 0.15) is 10.4 Å². The Bertz CT molecular complexity index is 614. The summed E-state index contributed by atoms with van der Waals surface area (Å²) in [5.74, 6) is 0.169. The monoisotopic (exact) mass is 371 g/mol. The molecule has 0 aliphatic rings. The highest BCUT2D eigenvalue weighted by atomic mass is 79.9. The van der Waals surface area contributed by atoms with Gasteiger partial charge in [0.05, 0.1) is 28.5 Å². The average Bonchev–Trinajstić information content (AvgIpc) is 2.45. The first kappa shape index (κ1) is 17.3. The summed E-state index contributed by atoms with van der Waals surface area (Å²) in [7, 11) is 3.04. The van der Waals surface area contributed by atoms with Gasteiger partial charge in [0, 0.05) is 13.2 Å². The predicted molar refractivity (Wildman–Crippen MR) is 88.6 cm³/mol. The van der Waals surface area contributed by atoms with Crippen molar-refractivity contribution in [3.05, 3.63) is 58.2 Å². The second-order valence-electron chi connectivity index (χ2n) is 3.81. The third-order valence-corrected chi connectivity index (χ3v) is 3.08. The van der Waals surface area contributed by atoms with Gasteiger partial charge < -0.3 is 15.4 Å². The van der Waals surface area contributed by atoms with Crippen molar-refractivity contribution >= 4 is 39.1 Å². The van der Waals surface area contributed by atoms with Crippen molar-refractivity contribution in [2.45, 2.75) is 0 Å². The largest absolute Gasteiger partial charge is 0.493 e. The lowest BCUT2D eigenvalue weighted by molar-refractivity contribution is 0.0963. The minimum atomic E-state index is -0.290. The number of rotatable bonds is 6. The summed E-state index contributed by atoms with van der Waals surface area (Å²) in [5, 5.41) is 5.84. The lowest BCUT2D eigenvalue weighted by Crippen LogP contribution is -2.20. The molecule has 1 aromatic heterocycles. The summed E-state index contributed by atoms with van der Waals surface area (Å²) < 4.78 is 5.78. The first-order valence-corrected chi connectivity index (χ1v) is 7.01. The molecule has 0 spiro atoms. The molecule has 0 aromatic carbocycles. The molecule has 0 unspecified atom stereocenters. The van der Waals surface area contributed by atoms with Crippen molar-refractivity contribution in [2.75, 3.05) is 19.5 Å². The summed E-state index contributed by atoms with van der Waals surface area (Å²) in [6.45, 7) is 7.47. The van der Waals surface area contributed by atoms with Crippen LogP contribution in [0.4, 0.5) is 5.69 Å². The van der Waals surface area contributed by atoms with E-state index in [1.807, 2.05) is 0 Å². The summed E-state index contributed by atoms with van der Waals surface area (Å²) >= 11 is 9.13. The van der Waals surface area contributed by atoms with Crippen LogP contribution in [0.5, 0.6) is 0 Å². The molecule has 0 radical (unpaired) electrons. The number of aromatic nitrogens is 1. The van der Waals surface area contributed by atoms with Gasteiger partial charge in [-0.2, -0.15) is 0 Å². The van der Waals surface area contributed by atoms with E-state index in [9.17, 15) is 4.79 Å². The maximum absolute atomic E-state index is 11.9. The molecule has 7 heteroatoms. The predicted octanol–water partition coefficient (Wildman–Crippen LogP) is 3.46. The normalized spacial score (nSPS) is 11.2. The number of hydrogen-bond acceptors (Lipinski definition) is 4. The zero-order valence-corrected chi connectivity index (χ0v) is 14.0. The SMILES string of the molecule is C=C/C(Nc1cc(Cl)ncc1C(=O)NC)=C(/OC)C(=C)Br. The molecule has 0 aliphatic heterocycles. The van der Waals surface area contributed by atoms with Crippen LogP contribution in [0.3, 0.4) is 0 Å². The third kappa shape index (κ3) is 4.34. The Morgan fingerprint density at radius 2 is 2.24 bits per heavy atom.